The molecule has 1 heterocycles. The molecule has 0 saturated carbocycles. The number of fused-ring (bicyclic) bond motifs is 2. The summed E-state index contributed by atoms with van der Waals surface area (Å²) >= 11 is 0. The number of nitrogens with one attached hydrogen (secondary N) is 1. The van der Waals surface area contributed by atoms with E-state index in [0.29, 0.717) is 11.1 Å². The molecule has 2 aliphatic rings. The number of allylic oxidation sites excluding steroid dienone is 4. The van der Waals surface area contributed by atoms with Crippen molar-refractivity contribution in [1.82, 2.24) is 0 Å². The van der Waals surface area contributed by atoms with Gasteiger partial charge in [0.05, 0.1) is 17.1 Å². The fourth-order valence-electron chi connectivity index (χ4n) is 5.74. The van der Waals surface area contributed by atoms with Crippen LogP contribution in [-0.2, 0) is 4.79 Å². The van der Waals surface area contributed by atoms with Crippen LogP contribution in [0.2, 0.25) is 11.1 Å². The molecular formula is C28H41N3O2Si. The molecule has 3 rings (SSSR count). The summed E-state index contributed by atoms with van der Waals surface area (Å²) in [5, 5.41) is 15.3. The quantitative estimate of drug-likeness (QED) is 0.228. The zero-order valence-corrected chi connectivity index (χ0v) is 23.0. The predicted octanol–water partition coefficient (Wildman–Crippen LogP) is 6.50. The number of anilines is 1. The maximum absolute atomic E-state index is 10.7. The van der Waals surface area contributed by atoms with Gasteiger partial charge in [-0.05, 0) is 90.5 Å². The number of carbonyl (C=O) groups is 1. The van der Waals surface area contributed by atoms with E-state index in [1.165, 1.54) is 27.2 Å². The third kappa shape index (κ3) is 4.97. The fraction of sp³-hybridized carbons (Fsp3) is 0.536. The topological polar surface area (TPSA) is 74.0 Å². The van der Waals surface area contributed by atoms with Crippen molar-refractivity contribution in [3.05, 3.63) is 40.6 Å². The van der Waals surface area contributed by atoms with E-state index in [1.807, 2.05) is 0 Å². The molecule has 0 aromatic heterocycles. The first-order chi connectivity index (χ1) is 16.1. The summed E-state index contributed by atoms with van der Waals surface area (Å²) in [6.45, 7) is 17.6. The van der Waals surface area contributed by atoms with Gasteiger partial charge < -0.3 is 10.4 Å². The Balaban J connectivity index is 2.04. The van der Waals surface area contributed by atoms with E-state index in [1.54, 1.807) is 0 Å². The highest BCUT2D eigenvalue weighted by atomic mass is 28.3. The number of aliphatic carboxylic acids is 1. The number of aryl methyl sites for hydroxylation is 1. The minimum absolute atomic E-state index is 0.251. The molecule has 0 amide bonds. The number of aliphatic imine (C=N–C) groups is 2. The lowest BCUT2D eigenvalue weighted by molar-refractivity contribution is -0.137. The average molecular weight is 480 g/mol. The van der Waals surface area contributed by atoms with Crippen LogP contribution < -0.4 is 10.5 Å². The fourth-order valence-corrected chi connectivity index (χ4v) is 11.7. The van der Waals surface area contributed by atoms with Gasteiger partial charge in [0, 0.05) is 25.2 Å². The first kappa shape index (κ1) is 26.1. The minimum atomic E-state index is -2.15. The molecule has 184 valence electrons. The Labute approximate surface area is 206 Å². The van der Waals surface area contributed by atoms with Gasteiger partial charge in [-0.2, -0.15) is 0 Å². The van der Waals surface area contributed by atoms with Crippen LogP contribution in [-0.4, -0.2) is 43.7 Å². The molecule has 0 fully saturated rings. The van der Waals surface area contributed by atoms with Gasteiger partial charge in [-0.1, -0.05) is 34.1 Å². The Hall–Kier alpha value is -2.47. The van der Waals surface area contributed by atoms with E-state index in [9.17, 15) is 4.79 Å². The van der Waals surface area contributed by atoms with Crippen molar-refractivity contribution >= 4 is 42.0 Å². The molecule has 5 nitrogen and oxygen atoms in total. The molecule has 0 atom stereocenters. The van der Waals surface area contributed by atoms with Crippen LogP contribution in [0.25, 0.3) is 0 Å². The Morgan fingerprint density at radius 3 is 2.41 bits per heavy atom. The van der Waals surface area contributed by atoms with Crippen molar-refractivity contribution in [3.63, 3.8) is 0 Å². The van der Waals surface area contributed by atoms with Crippen molar-refractivity contribution < 1.29 is 9.90 Å². The molecule has 6 heteroatoms. The number of carboxylic acid groups (broad SMARTS) is 1. The molecular weight excluding hydrogens is 438 g/mol. The number of unbranched alkanes of at least 4 members (excludes halogenated alkanes) is 2. The first-order valence-corrected chi connectivity index (χ1v) is 14.9. The van der Waals surface area contributed by atoms with E-state index < -0.39 is 14.0 Å². The highest BCUT2D eigenvalue weighted by molar-refractivity contribution is 7.04. The van der Waals surface area contributed by atoms with Crippen LogP contribution in [0.1, 0.15) is 72.8 Å². The smallest absolute Gasteiger partial charge is 0.303 e. The predicted molar refractivity (Wildman–Crippen MR) is 148 cm³/mol. The molecule has 1 aliphatic heterocycles. The molecule has 0 bridgehead atoms. The molecule has 0 unspecified atom stereocenters. The average Bonchev–Trinajstić information content (AvgIpc) is 2.75. The second-order valence-electron chi connectivity index (χ2n) is 10.2. The summed E-state index contributed by atoms with van der Waals surface area (Å²) in [4.78, 5) is 20.7. The van der Waals surface area contributed by atoms with Gasteiger partial charge in [0.25, 0.3) is 0 Å². The van der Waals surface area contributed by atoms with Crippen LogP contribution >= 0.6 is 0 Å². The van der Waals surface area contributed by atoms with E-state index in [2.05, 4.69) is 78.1 Å². The minimum Gasteiger partial charge on any atom is -0.481 e. The highest BCUT2D eigenvalue weighted by Crippen LogP contribution is 2.45. The largest absolute Gasteiger partial charge is 0.481 e. The zero-order chi connectivity index (χ0) is 25.0. The third-order valence-electron chi connectivity index (χ3n) is 7.32. The molecule has 34 heavy (non-hydrogen) atoms. The Morgan fingerprint density at radius 1 is 1.09 bits per heavy atom. The molecule has 1 aliphatic carbocycles. The van der Waals surface area contributed by atoms with Crippen molar-refractivity contribution in [2.45, 2.75) is 85.2 Å². The van der Waals surface area contributed by atoms with E-state index in [4.69, 9.17) is 15.1 Å². The van der Waals surface area contributed by atoms with Crippen LogP contribution in [0.4, 0.5) is 11.4 Å². The Bertz CT molecular complexity index is 1060. The summed E-state index contributed by atoms with van der Waals surface area (Å²) < 4.78 is 0. The zero-order valence-electron chi connectivity index (χ0n) is 22.0. The van der Waals surface area contributed by atoms with Gasteiger partial charge in [0.1, 0.15) is 8.07 Å². The molecule has 0 saturated heterocycles. The van der Waals surface area contributed by atoms with Crippen LogP contribution in [0, 0.1) is 6.92 Å². The van der Waals surface area contributed by atoms with Crippen molar-refractivity contribution in [3.8, 4) is 0 Å². The van der Waals surface area contributed by atoms with E-state index in [-0.39, 0.29) is 6.42 Å². The molecule has 1 aromatic carbocycles. The van der Waals surface area contributed by atoms with Gasteiger partial charge in [0.15, 0.2) is 0 Å². The van der Waals surface area contributed by atoms with Crippen molar-refractivity contribution in [2.75, 3.05) is 18.4 Å². The summed E-state index contributed by atoms with van der Waals surface area (Å²) in [7, 11) is -2.15. The van der Waals surface area contributed by atoms with Gasteiger partial charge in [-0.15, -0.1) is 0 Å². The number of benzene rings is 1. The lowest BCUT2D eigenvalue weighted by Crippen LogP contribution is -2.59. The monoisotopic (exact) mass is 479 g/mol. The van der Waals surface area contributed by atoms with E-state index in [0.717, 1.165) is 49.5 Å². The second-order valence-corrected chi connectivity index (χ2v) is 15.4. The third-order valence-corrected chi connectivity index (χ3v) is 13.5. The Morgan fingerprint density at radius 2 is 1.79 bits per heavy atom. The number of hydrogen-bond acceptors (Lipinski definition) is 4. The number of hydrogen-bond donors (Lipinski definition) is 2. The number of rotatable bonds is 10. The van der Waals surface area contributed by atoms with Gasteiger partial charge in [0.2, 0.25) is 0 Å². The Kier molecular flexibility index (Phi) is 8.34. The maximum atomic E-state index is 10.7. The molecule has 1 aromatic rings. The van der Waals surface area contributed by atoms with Crippen molar-refractivity contribution in [1.29, 1.82) is 0 Å². The number of nitrogens with zero attached hydrogens (tertiary/aromatic N) is 2. The van der Waals surface area contributed by atoms with Crippen LogP contribution in [0.15, 0.2) is 45.0 Å². The van der Waals surface area contributed by atoms with Gasteiger partial charge in [-0.25, -0.2) is 4.99 Å². The summed E-state index contributed by atoms with van der Waals surface area (Å²) in [5.74, 6) is -0.712. The maximum Gasteiger partial charge on any atom is 0.303 e. The SMILES string of the molecule is CC/N=C1/C=C2C(=Nc3cc(C)c(NCCCCCC(=O)O)cc3[Si]2(C(C)C)C(C)C)C=C1C. The van der Waals surface area contributed by atoms with E-state index >= 15 is 0 Å². The summed E-state index contributed by atoms with van der Waals surface area (Å²) in [6, 6.07) is 4.65. The summed E-state index contributed by atoms with van der Waals surface area (Å²) in [5.41, 5.74) is 7.98. The lowest BCUT2D eigenvalue weighted by atomic mass is 10.0. The number of carboxylic acids is 1. The molecule has 2 N–H and O–H groups in total. The molecule has 0 spiro atoms. The normalized spacial score (nSPS) is 17.8. The summed E-state index contributed by atoms with van der Waals surface area (Å²) in [6.07, 6.45) is 7.47. The first-order valence-electron chi connectivity index (χ1n) is 12.8. The van der Waals surface area contributed by atoms with Crippen LogP contribution in [0.3, 0.4) is 0 Å². The second kappa shape index (κ2) is 10.9. The lowest BCUT2D eigenvalue weighted by Gasteiger charge is -2.46. The standard InChI is InChI=1S/C28H41N3O2Si/c1-8-29-22-16-26-24(14-20(22)6)31-25-15-21(7)23(30-13-11-9-10-12-28(32)33)17-27(25)34(26,18(2)3)19(4)5/h14-19,30H,8-13H2,1-7H3,(H,32,33)/b29-22-. The van der Waals surface area contributed by atoms with Gasteiger partial charge >= 0.3 is 5.97 Å². The van der Waals surface area contributed by atoms with Crippen LogP contribution in [0.5, 0.6) is 0 Å². The van der Waals surface area contributed by atoms with Crippen molar-refractivity contribution in [2.24, 2.45) is 9.98 Å². The van der Waals surface area contributed by atoms with Gasteiger partial charge in [-0.3, -0.25) is 9.79 Å². The highest BCUT2D eigenvalue weighted by Gasteiger charge is 2.50. The molecule has 0 radical (unpaired) electrons.